The maximum Gasteiger partial charge on any atom is 0.144 e. The van der Waals surface area contributed by atoms with Gasteiger partial charge in [0.15, 0.2) is 0 Å². The Kier molecular flexibility index (Phi) is 0.633. The molecule has 0 bridgehead atoms. The highest BCUT2D eigenvalue weighted by molar-refractivity contribution is 6.02. The van der Waals surface area contributed by atoms with Crippen molar-refractivity contribution in [2.75, 3.05) is 0 Å². The molecule has 1 aliphatic rings. The normalized spacial score (nSPS) is 38.1. The summed E-state index contributed by atoms with van der Waals surface area (Å²) in [6.45, 7) is 5.43. The van der Waals surface area contributed by atoms with E-state index in [0.29, 0.717) is 12.2 Å². The number of hydrogen-bond acceptors (Lipinski definition) is 1. The van der Waals surface area contributed by atoms with Gasteiger partial charge in [0.1, 0.15) is 5.78 Å². The summed E-state index contributed by atoms with van der Waals surface area (Å²) in [5.41, 5.74) is -0.125. The number of hydrogen-bond donors (Lipinski definition) is 0. The fourth-order valence-electron chi connectivity index (χ4n) is 0.475. The van der Waals surface area contributed by atoms with Crippen LogP contribution in [0, 0.1) is 5.41 Å². The molecule has 1 aliphatic carbocycles. The van der Waals surface area contributed by atoms with E-state index in [1.54, 1.807) is 6.08 Å². The molecule has 1 heteroatoms. The smallest absolute Gasteiger partial charge is 0.144 e. The zero-order chi connectivity index (χ0) is 5.49. The highest BCUT2D eigenvalue weighted by atomic mass is 16.1. The SMILES string of the molecule is C=CC1(C)CC1=O. The number of carbonyl (C=O) groups excluding carboxylic acids is 1. The largest absolute Gasteiger partial charge is 0.299 e. The molecule has 0 radical (unpaired) electrons. The topological polar surface area (TPSA) is 17.1 Å². The molecule has 1 atom stereocenters. The number of ketones is 1. The Hall–Kier alpha value is -0.590. The molecule has 1 fully saturated rings. The van der Waals surface area contributed by atoms with E-state index in [1.807, 2.05) is 6.92 Å². The van der Waals surface area contributed by atoms with Crippen molar-refractivity contribution in [2.45, 2.75) is 13.3 Å². The van der Waals surface area contributed by atoms with Crippen LogP contribution in [-0.4, -0.2) is 5.78 Å². The van der Waals surface area contributed by atoms with Crippen LogP contribution >= 0.6 is 0 Å². The van der Waals surface area contributed by atoms with Crippen LogP contribution in [-0.2, 0) is 4.79 Å². The van der Waals surface area contributed by atoms with E-state index in [0.717, 1.165) is 0 Å². The van der Waals surface area contributed by atoms with Gasteiger partial charge in [0, 0.05) is 6.42 Å². The molecule has 1 unspecified atom stereocenters. The monoisotopic (exact) mass is 96.1 g/mol. The molecule has 38 valence electrons. The van der Waals surface area contributed by atoms with Crippen LogP contribution in [0.25, 0.3) is 0 Å². The van der Waals surface area contributed by atoms with Crippen LogP contribution in [0.1, 0.15) is 13.3 Å². The first-order valence-corrected chi connectivity index (χ1v) is 2.36. The van der Waals surface area contributed by atoms with E-state index in [9.17, 15) is 4.79 Å². The standard InChI is InChI=1S/C6H8O/c1-3-6(2)4-5(6)7/h3H,1,4H2,2H3. The molecule has 0 saturated heterocycles. The molecule has 0 spiro atoms. The Morgan fingerprint density at radius 1 is 2.00 bits per heavy atom. The van der Waals surface area contributed by atoms with Crippen LogP contribution in [0.5, 0.6) is 0 Å². The quantitative estimate of drug-likeness (QED) is 0.447. The predicted octanol–water partition coefficient (Wildman–Crippen LogP) is 1.15. The van der Waals surface area contributed by atoms with E-state index < -0.39 is 0 Å². The van der Waals surface area contributed by atoms with Gasteiger partial charge < -0.3 is 0 Å². The van der Waals surface area contributed by atoms with Gasteiger partial charge in [0.2, 0.25) is 0 Å². The number of carbonyl (C=O) groups is 1. The summed E-state index contributed by atoms with van der Waals surface area (Å²) < 4.78 is 0. The first-order chi connectivity index (χ1) is 3.19. The minimum atomic E-state index is -0.125. The Morgan fingerprint density at radius 2 is 2.43 bits per heavy atom. The number of allylic oxidation sites excluding steroid dienone is 1. The number of Topliss-reactive ketones (excluding diaryl/α,β-unsaturated/α-hetero) is 1. The average Bonchev–Trinajstić information content (AvgIpc) is 2.18. The average molecular weight is 96.1 g/mol. The highest BCUT2D eigenvalue weighted by Gasteiger charge is 2.45. The van der Waals surface area contributed by atoms with Crippen molar-refractivity contribution in [3.8, 4) is 0 Å². The van der Waals surface area contributed by atoms with Crippen molar-refractivity contribution >= 4 is 5.78 Å². The fourth-order valence-corrected chi connectivity index (χ4v) is 0.475. The lowest BCUT2D eigenvalue weighted by Crippen LogP contribution is -1.87. The van der Waals surface area contributed by atoms with Gasteiger partial charge in [-0.15, -0.1) is 6.58 Å². The maximum atomic E-state index is 10.4. The van der Waals surface area contributed by atoms with Gasteiger partial charge in [-0.05, 0) is 6.92 Å². The molecule has 7 heavy (non-hydrogen) atoms. The lowest BCUT2D eigenvalue weighted by Gasteiger charge is -1.87. The summed E-state index contributed by atoms with van der Waals surface area (Å²) in [6, 6.07) is 0. The van der Waals surface area contributed by atoms with E-state index >= 15 is 0 Å². The van der Waals surface area contributed by atoms with Crippen LogP contribution in [0.4, 0.5) is 0 Å². The Morgan fingerprint density at radius 3 is 2.43 bits per heavy atom. The van der Waals surface area contributed by atoms with Gasteiger partial charge in [0.25, 0.3) is 0 Å². The second-order valence-electron chi connectivity index (χ2n) is 2.22. The molecule has 0 N–H and O–H groups in total. The summed E-state index contributed by atoms with van der Waals surface area (Å²) in [5, 5.41) is 0. The molecule has 0 amide bonds. The van der Waals surface area contributed by atoms with Crippen molar-refractivity contribution in [3.63, 3.8) is 0 Å². The molecule has 1 saturated carbocycles. The van der Waals surface area contributed by atoms with Crippen molar-refractivity contribution in [3.05, 3.63) is 12.7 Å². The molecular weight excluding hydrogens is 88.1 g/mol. The van der Waals surface area contributed by atoms with Gasteiger partial charge >= 0.3 is 0 Å². The molecule has 0 heterocycles. The van der Waals surface area contributed by atoms with Crippen LogP contribution in [0.2, 0.25) is 0 Å². The second kappa shape index (κ2) is 0.971. The summed E-state index contributed by atoms with van der Waals surface area (Å²) in [4.78, 5) is 10.4. The van der Waals surface area contributed by atoms with Crippen molar-refractivity contribution in [2.24, 2.45) is 5.41 Å². The fraction of sp³-hybridized carbons (Fsp3) is 0.500. The number of rotatable bonds is 1. The van der Waals surface area contributed by atoms with Gasteiger partial charge in [-0.25, -0.2) is 0 Å². The Labute approximate surface area is 43.0 Å². The second-order valence-corrected chi connectivity index (χ2v) is 2.22. The summed E-state index contributed by atoms with van der Waals surface area (Å²) in [7, 11) is 0. The van der Waals surface area contributed by atoms with Crippen molar-refractivity contribution in [1.82, 2.24) is 0 Å². The minimum Gasteiger partial charge on any atom is -0.299 e. The van der Waals surface area contributed by atoms with Gasteiger partial charge in [0.05, 0.1) is 5.41 Å². The zero-order valence-electron chi connectivity index (χ0n) is 4.40. The van der Waals surface area contributed by atoms with E-state index in [1.165, 1.54) is 0 Å². The molecular formula is C6H8O. The third-order valence-corrected chi connectivity index (χ3v) is 1.49. The predicted molar refractivity (Wildman–Crippen MR) is 27.9 cm³/mol. The maximum absolute atomic E-state index is 10.4. The van der Waals surface area contributed by atoms with Crippen LogP contribution in [0.3, 0.4) is 0 Å². The van der Waals surface area contributed by atoms with Gasteiger partial charge in [-0.2, -0.15) is 0 Å². The van der Waals surface area contributed by atoms with E-state index in [4.69, 9.17) is 0 Å². The van der Waals surface area contributed by atoms with Gasteiger partial charge in [-0.3, -0.25) is 4.79 Å². The first kappa shape index (κ1) is 4.57. The van der Waals surface area contributed by atoms with Crippen LogP contribution in [0.15, 0.2) is 12.7 Å². The molecule has 0 aromatic carbocycles. The minimum absolute atomic E-state index is 0.125. The molecule has 1 nitrogen and oxygen atoms in total. The van der Waals surface area contributed by atoms with E-state index in [2.05, 4.69) is 6.58 Å². The summed E-state index contributed by atoms with van der Waals surface area (Å²) >= 11 is 0. The lowest BCUT2D eigenvalue weighted by atomic mass is 10.1. The molecule has 0 aromatic rings. The third kappa shape index (κ3) is 0.483. The van der Waals surface area contributed by atoms with E-state index in [-0.39, 0.29) is 5.41 Å². The Bertz CT molecular complexity index is 126. The zero-order valence-corrected chi connectivity index (χ0v) is 4.40. The Balaban J connectivity index is 2.69. The third-order valence-electron chi connectivity index (χ3n) is 1.49. The summed E-state index contributed by atoms with van der Waals surface area (Å²) in [6.07, 6.45) is 2.42. The van der Waals surface area contributed by atoms with Crippen molar-refractivity contribution < 1.29 is 4.79 Å². The van der Waals surface area contributed by atoms with Crippen LogP contribution < -0.4 is 0 Å². The first-order valence-electron chi connectivity index (χ1n) is 2.36. The van der Waals surface area contributed by atoms with Crippen molar-refractivity contribution in [1.29, 1.82) is 0 Å². The molecule has 0 aliphatic heterocycles. The lowest BCUT2D eigenvalue weighted by molar-refractivity contribution is -0.111. The summed E-state index contributed by atoms with van der Waals surface area (Å²) in [5.74, 6) is 0.322. The highest BCUT2D eigenvalue weighted by Crippen LogP contribution is 2.40. The molecule has 1 rings (SSSR count). The van der Waals surface area contributed by atoms with Gasteiger partial charge in [-0.1, -0.05) is 6.08 Å². The molecule has 0 aromatic heterocycles.